The lowest BCUT2D eigenvalue weighted by Crippen LogP contribution is -2.07. The average molecular weight is 387 g/mol. The number of halogens is 4. The van der Waals surface area contributed by atoms with E-state index in [2.05, 4.69) is 31.1 Å². The molecule has 23 heavy (non-hydrogen) atoms. The number of nitrogens with zero attached hydrogens (tertiary/aromatic N) is 4. The van der Waals surface area contributed by atoms with Crippen LogP contribution >= 0.6 is 15.9 Å². The Morgan fingerprint density at radius 2 is 1.91 bits per heavy atom. The van der Waals surface area contributed by atoms with Gasteiger partial charge in [-0.25, -0.2) is 0 Å². The highest BCUT2D eigenvalue weighted by atomic mass is 79.9. The highest BCUT2D eigenvalue weighted by molar-refractivity contribution is 9.10. The number of fused-ring (bicyclic) bond motifs is 1. The molecule has 9 heteroatoms. The molecular weight excluding hydrogens is 377 g/mol. The van der Waals surface area contributed by atoms with E-state index in [-0.39, 0.29) is 5.75 Å². The van der Waals surface area contributed by atoms with Crippen LogP contribution in [0.3, 0.4) is 0 Å². The Balaban J connectivity index is 2.20. The zero-order chi connectivity index (χ0) is 16.8. The standard InChI is InChI=1S/C14H10BrF3N4O/c1-7-5-8(14(16,17)18)6-10(23-2)12(7)9-3-4-11-19-13(15)21-22(11)20-9/h3-6H,1-2H3. The van der Waals surface area contributed by atoms with Crippen LogP contribution in [-0.2, 0) is 6.18 Å². The van der Waals surface area contributed by atoms with Crippen molar-refractivity contribution in [2.45, 2.75) is 13.1 Å². The Morgan fingerprint density at radius 1 is 1.17 bits per heavy atom. The van der Waals surface area contributed by atoms with Crippen LogP contribution in [0.2, 0.25) is 0 Å². The van der Waals surface area contributed by atoms with Crippen LogP contribution in [0.15, 0.2) is 29.0 Å². The summed E-state index contributed by atoms with van der Waals surface area (Å²) in [6.45, 7) is 1.58. The van der Waals surface area contributed by atoms with Gasteiger partial charge < -0.3 is 4.74 Å². The second-order valence-corrected chi connectivity index (χ2v) is 5.52. The van der Waals surface area contributed by atoms with Crippen LogP contribution in [0.25, 0.3) is 16.9 Å². The van der Waals surface area contributed by atoms with Crippen molar-refractivity contribution in [2.75, 3.05) is 7.11 Å². The average Bonchev–Trinajstić information content (AvgIpc) is 2.84. The Hall–Kier alpha value is -2.16. The topological polar surface area (TPSA) is 52.3 Å². The van der Waals surface area contributed by atoms with Gasteiger partial charge in [-0.15, -0.1) is 14.8 Å². The monoisotopic (exact) mass is 386 g/mol. The molecule has 0 spiro atoms. The normalized spacial score (nSPS) is 11.9. The molecule has 0 N–H and O–H groups in total. The van der Waals surface area contributed by atoms with E-state index >= 15 is 0 Å². The van der Waals surface area contributed by atoms with Gasteiger partial charge in [-0.2, -0.15) is 18.2 Å². The van der Waals surface area contributed by atoms with Gasteiger partial charge in [0.05, 0.1) is 18.4 Å². The first kappa shape index (κ1) is 15.7. The fourth-order valence-corrected chi connectivity index (χ4v) is 2.63. The van der Waals surface area contributed by atoms with E-state index in [1.54, 1.807) is 19.1 Å². The summed E-state index contributed by atoms with van der Waals surface area (Å²) in [6.07, 6.45) is -4.44. The molecule has 5 nitrogen and oxygen atoms in total. The van der Waals surface area contributed by atoms with E-state index in [1.807, 2.05) is 0 Å². The van der Waals surface area contributed by atoms with E-state index in [1.165, 1.54) is 11.7 Å². The van der Waals surface area contributed by atoms with Crippen LogP contribution in [0, 0.1) is 6.92 Å². The molecule has 0 amide bonds. The Labute approximate surface area is 137 Å². The van der Waals surface area contributed by atoms with Gasteiger partial charge in [-0.1, -0.05) is 0 Å². The summed E-state index contributed by atoms with van der Waals surface area (Å²) in [7, 11) is 1.32. The number of hydrogen-bond donors (Lipinski definition) is 0. The third kappa shape index (κ3) is 2.88. The summed E-state index contributed by atoms with van der Waals surface area (Å²) in [5.41, 5.74) is 1.08. The van der Waals surface area contributed by atoms with E-state index in [0.29, 0.717) is 27.2 Å². The van der Waals surface area contributed by atoms with Crippen molar-refractivity contribution >= 4 is 21.6 Å². The van der Waals surface area contributed by atoms with E-state index < -0.39 is 11.7 Å². The third-order valence-corrected chi connectivity index (χ3v) is 3.62. The second kappa shape index (κ2) is 5.48. The first-order chi connectivity index (χ1) is 10.8. The number of benzene rings is 1. The molecule has 0 fully saturated rings. The summed E-state index contributed by atoms with van der Waals surface area (Å²) in [6, 6.07) is 5.37. The van der Waals surface area contributed by atoms with E-state index in [9.17, 15) is 13.2 Å². The molecule has 0 radical (unpaired) electrons. The summed E-state index contributed by atoms with van der Waals surface area (Å²) in [5, 5.41) is 8.31. The minimum Gasteiger partial charge on any atom is -0.496 e. The fraction of sp³-hybridized carbons (Fsp3) is 0.214. The van der Waals surface area contributed by atoms with Gasteiger partial charge in [0.15, 0.2) is 5.65 Å². The number of rotatable bonds is 2. The highest BCUT2D eigenvalue weighted by Crippen LogP contribution is 2.38. The zero-order valence-corrected chi connectivity index (χ0v) is 13.6. The van der Waals surface area contributed by atoms with Crippen molar-refractivity contribution in [1.29, 1.82) is 0 Å². The Kier molecular flexibility index (Phi) is 3.75. The fourth-order valence-electron chi connectivity index (χ4n) is 2.30. The molecule has 3 rings (SSSR count). The first-order valence-electron chi connectivity index (χ1n) is 6.45. The largest absolute Gasteiger partial charge is 0.496 e. The van der Waals surface area contributed by atoms with Crippen molar-refractivity contribution in [3.63, 3.8) is 0 Å². The third-order valence-electron chi connectivity index (χ3n) is 3.28. The molecule has 120 valence electrons. The van der Waals surface area contributed by atoms with Crippen molar-refractivity contribution in [1.82, 2.24) is 19.8 Å². The summed E-state index contributed by atoms with van der Waals surface area (Å²) in [5.74, 6) is 0.100. The van der Waals surface area contributed by atoms with E-state index in [0.717, 1.165) is 12.1 Å². The number of aryl methyl sites for hydroxylation is 1. The Bertz CT molecular complexity index is 892. The van der Waals surface area contributed by atoms with Gasteiger partial charge in [-0.05, 0) is 52.7 Å². The number of aromatic nitrogens is 4. The lowest BCUT2D eigenvalue weighted by molar-refractivity contribution is -0.137. The molecule has 0 saturated heterocycles. The van der Waals surface area contributed by atoms with Crippen LogP contribution in [0.5, 0.6) is 5.75 Å². The molecule has 0 aliphatic heterocycles. The molecule has 2 heterocycles. The SMILES string of the molecule is COc1cc(C(F)(F)F)cc(C)c1-c1ccc2nc(Br)nn2n1. The highest BCUT2D eigenvalue weighted by Gasteiger charge is 2.32. The van der Waals surface area contributed by atoms with Crippen molar-refractivity contribution in [2.24, 2.45) is 0 Å². The maximum Gasteiger partial charge on any atom is 0.416 e. The molecule has 0 aliphatic rings. The van der Waals surface area contributed by atoms with Crippen LogP contribution in [0.4, 0.5) is 13.2 Å². The van der Waals surface area contributed by atoms with Gasteiger partial charge in [0.25, 0.3) is 0 Å². The Morgan fingerprint density at radius 3 is 2.57 bits per heavy atom. The molecule has 0 saturated carbocycles. The summed E-state index contributed by atoms with van der Waals surface area (Å²) in [4.78, 5) is 4.09. The van der Waals surface area contributed by atoms with Crippen molar-refractivity contribution in [3.05, 3.63) is 40.1 Å². The van der Waals surface area contributed by atoms with Gasteiger partial charge >= 0.3 is 6.18 Å². The summed E-state index contributed by atoms with van der Waals surface area (Å²) >= 11 is 3.15. The minimum absolute atomic E-state index is 0.100. The lowest BCUT2D eigenvalue weighted by Gasteiger charge is -2.15. The number of hydrogen-bond acceptors (Lipinski definition) is 4. The maximum absolute atomic E-state index is 12.9. The lowest BCUT2D eigenvalue weighted by atomic mass is 10.0. The zero-order valence-electron chi connectivity index (χ0n) is 12.0. The van der Waals surface area contributed by atoms with Crippen LogP contribution in [-0.4, -0.2) is 26.9 Å². The van der Waals surface area contributed by atoms with Crippen LogP contribution < -0.4 is 4.74 Å². The van der Waals surface area contributed by atoms with Crippen molar-refractivity contribution in [3.8, 4) is 17.0 Å². The van der Waals surface area contributed by atoms with E-state index in [4.69, 9.17) is 4.74 Å². The molecule has 0 bridgehead atoms. The first-order valence-corrected chi connectivity index (χ1v) is 7.24. The maximum atomic E-state index is 12.9. The number of alkyl halides is 3. The predicted octanol–water partition coefficient (Wildman–Crippen LogP) is 3.89. The van der Waals surface area contributed by atoms with Gasteiger partial charge in [-0.3, -0.25) is 0 Å². The molecule has 0 unspecified atom stereocenters. The predicted molar refractivity (Wildman–Crippen MR) is 80.2 cm³/mol. The molecule has 0 atom stereocenters. The number of ether oxygens (including phenoxy) is 1. The second-order valence-electron chi connectivity index (χ2n) is 4.82. The quantitative estimate of drug-likeness (QED) is 0.670. The molecule has 0 aliphatic carbocycles. The van der Waals surface area contributed by atoms with Gasteiger partial charge in [0.1, 0.15) is 5.75 Å². The van der Waals surface area contributed by atoms with Gasteiger partial charge in [0, 0.05) is 5.56 Å². The molecule has 1 aromatic carbocycles. The molecular formula is C14H10BrF3N4O. The molecule has 2 aromatic heterocycles. The molecule has 3 aromatic rings. The van der Waals surface area contributed by atoms with Gasteiger partial charge in [0.2, 0.25) is 4.73 Å². The smallest absolute Gasteiger partial charge is 0.416 e. The summed E-state index contributed by atoms with van der Waals surface area (Å²) < 4.78 is 45.6. The van der Waals surface area contributed by atoms with Crippen LogP contribution in [0.1, 0.15) is 11.1 Å². The number of methoxy groups -OCH3 is 1. The van der Waals surface area contributed by atoms with Crippen molar-refractivity contribution < 1.29 is 17.9 Å². The minimum atomic E-state index is -4.44.